The molecule has 2 rings (SSSR count). The lowest BCUT2D eigenvalue weighted by molar-refractivity contribution is -0.123. The van der Waals surface area contributed by atoms with Crippen LogP contribution in [0.3, 0.4) is 0 Å². The molecule has 1 N–H and O–H groups in total. The quantitative estimate of drug-likeness (QED) is 0.888. The van der Waals surface area contributed by atoms with Crippen molar-refractivity contribution >= 4 is 5.91 Å². The molecule has 0 spiro atoms. The van der Waals surface area contributed by atoms with Gasteiger partial charge >= 0.3 is 0 Å². The van der Waals surface area contributed by atoms with Crippen molar-refractivity contribution in [1.29, 1.82) is 0 Å². The van der Waals surface area contributed by atoms with E-state index in [0.29, 0.717) is 13.0 Å². The number of carbonyl (C=O) groups excluding carboxylic acids is 1. The lowest BCUT2D eigenvalue weighted by atomic mass is 10.1. The minimum atomic E-state index is -0.503. The normalized spacial score (nSPS) is 10.2. The molecule has 0 aliphatic rings. The van der Waals surface area contributed by atoms with Gasteiger partial charge < -0.3 is 10.1 Å². The lowest BCUT2D eigenvalue weighted by Gasteiger charge is -2.08. The summed E-state index contributed by atoms with van der Waals surface area (Å²) in [4.78, 5) is 11.6. The van der Waals surface area contributed by atoms with E-state index in [1.54, 1.807) is 24.3 Å². The Hall–Kier alpha value is -2.43. The first-order valence-corrected chi connectivity index (χ1v) is 6.53. The standard InChI is InChI=1S/C16H15F2NO2/c17-13-7-5-12(6-8-13)9-10-19-16(20)11-21-15-4-2-1-3-14(15)18/h1-8H,9-11H2,(H,19,20). The molecule has 0 aromatic heterocycles. The SMILES string of the molecule is O=C(COc1ccccc1F)NCCc1ccc(F)cc1. The van der Waals surface area contributed by atoms with Crippen LogP contribution in [0.2, 0.25) is 0 Å². The molecule has 0 radical (unpaired) electrons. The van der Waals surface area contributed by atoms with Gasteiger partial charge in [0.05, 0.1) is 0 Å². The van der Waals surface area contributed by atoms with Crippen molar-refractivity contribution in [1.82, 2.24) is 5.32 Å². The van der Waals surface area contributed by atoms with Crippen LogP contribution in [0.15, 0.2) is 48.5 Å². The van der Waals surface area contributed by atoms with Gasteiger partial charge in [0.1, 0.15) is 5.82 Å². The zero-order chi connectivity index (χ0) is 15.1. The van der Waals surface area contributed by atoms with Crippen molar-refractivity contribution < 1.29 is 18.3 Å². The zero-order valence-electron chi connectivity index (χ0n) is 11.3. The van der Waals surface area contributed by atoms with Crippen molar-refractivity contribution in [2.24, 2.45) is 0 Å². The van der Waals surface area contributed by atoms with E-state index in [1.807, 2.05) is 0 Å². The Bertz CT molecular complexity index is 599. The highest BCUT2D eigenvalue weighted by atomic mass is 19.1. The molecule has 1 amide bonds. The number of rotatable bonds is 6. The van der Waals surface area contributed by atoms with Gasteiger partial charge in [0.15, 0.2) is 18.2 Å². The van der Waals surface area contributed by atoms with E-state index in [1.165, 1.54) is 24.3 Å². The summed E-state index contributed by atoms with van der Waals surface area (Å²) in [5.74, 6) is -1.08. The third kappa shape index (κ3) is 4.87. The first-order valence-electron chi connectivity index (χ1n) is 6.53. The Kier molecular flexibility index (Phi) is 5.26. The van der Waals surface area contributed by atoms with E-state index in [2.05, 4.69) is 5.32 Å². The van der Waals surface area contributed by atoms with E-state index in [4.69, 9.17) is 4.74 Å². The van der Waals surface area contributed by atoms with Crippen molar-refractivity contribution in [2.75, 3.05) is 13.2 Å². The second-order valence-corrected chi connectivity index (χ2v) is 4.45. The van der Waals surface area contributed by atoms with E-state index in [-0.39, 0.29) is 24.1 Å². The minimum Gasteiger partial charge on any atom is -0.481 e. The molecule has 0 atom stereocenters. The average Bonchev–Trinajstić information content (AvgIpc) is 2.48. The largest absolute Gasteiger partial charge is 0.481 e. The molecule has 0 aliphatic heterocycles. The zero-order valence-corrected chi connectivity index (χ0v) is 11.3. The van der Waals surface area contributed by atoms with Crippen molar-refractivity contribution in [3.63, 3.8) is 0 Å². The first kappa shape index (κ1) is 15.0. The number of hydrogen-bond donors (Lipinski definition) is 1. The maximum Gasteiger partial charge on any atom is 0.257 e. The second kappa shape index (κ2) is 7.38. The smallest absolute Gasteiger partial charge is 0.257 e. The predicted octanol–water partition coefficient (Wildman–Crippen LogP) is 2.70. The van der Waals surface area contributed by atoms with E-state index in [9.17, 15) is 13.6 Å². The summed E-state index contributed by atoms with van der Waals surface area (Å²) >= 11 is 0. The number of halogens is 2. The van der Waals surface area contributed by atoms with Crippen LogP contribution in [-0.4, -0.2) is 19.1 Å². The van der Waals surface area contributed by atoms with Gasteiger partial charge in [-0.25, -0.2) is 8.78 Å². The van der Waals surface area contributed by atoms with Crippen LogP contribution >= 0.6 is 0 Å². The molecule has 0 aliphatic carbocycles. The Labute approximate surface area is 121 Å². The third-order valence-corrected chi connectivity index (χ3v) is 2.84. The monoisotopic (exact) mass is 291 g/mol. The molecular formula is C16H15F2NO2. The first-order chi connectivity index (χ1) is 10.1. The Morgan fingerprint density at radius 3 is 2.48 bits per heavy atom. The number of amides is 1. The molecule has 0 heterocycles. The number of benzene rings is 2. The summed E-state index contributed by atoms with van der Waals surface area (Å²) in [6.45, 7) is 0.162. The number of ether oxygens (including phenoxy) is 1. The van der Waals surface area contributed by atoms with Crippen LogP contribution < -0.4 is 10.1 Å². The van der Waals surface area contributed by atoms with Crippen LogP contribution in [0, 0.1) is 11.6 Å². The van der Waals surface area contributed by atoms with Crippen LogP contribution in [0.1, 0.15) is 5.56 Å². The van der Waals surface area contributed by atoms with Crippen LogP contribution in [0.5, 0.6) is 5.75 Å². The van der Waals surface area contributed by atoms with Gasteiger partial charge in [-0.3, -0.25) is 4.79 Å². The van der Waals surface area contributed by atoms with Gasteiger partial charge in [-0.2, -0.15) is 0 Å². The van der Waals surface area contributed by atoms with Crippen molar-refractivity contribution in [2.45, 2.75) is 6.42 Å². The van der Waals surface area contributed by atoms with Gasteiger partial charge in [0.2, 0.25) is 0 Å². The highest BCUT2D eigenvalue weighted by Gasteiger charge is 2.05. The molecule has 21 heavy (non-hydrogen) atoms. The Balaban J connectivity index is 1.70. The van der Waals surface area contributed by atoms with Crippen LogP contribution in [-0.2, 0) is 11.2 Å². The summed E-state index contributed by atoms with van der Waals surface area (Å²) in [5.41, 5.74) is 0.923. The Morgan fingerprint density at radius 2 is 1.76 bits per heavy atom. The van der Waals surface area contributed by atoms with Gasteiger partial charge in [0.25, 0.3) is 5.91 Å². The minimum absolute atomic E-state index is 0.0474. The van der Waals surface area contributed by atoms with Gasteiger partial charge in [-0.1, -0.05) is 24.3 Å². The average molecular weight is 291 g/mol. The molecular weight excluding hydrogens is 276 g/mol. The summed E-state index contributed by atoms with van der Waals surface area (Å²) in [5, 5.41) is 2.66. The highest BCUT2D eigenvalue weighted by molar-refractivity contribution is 5.77. The number of nitrogens with one attached hydrogen (secondary N) is 1. The lowest BCUT2D eigenvalue weighted by Crippen LogP contribution is -2.30. The highest BCUT2D eigenvalue weighted by Crippen LogP contribution is 2.14. The van der Waals surface area contributed by atoms with Gasteiger partial charge in [-0.05, 0) is 36.2 Å². The molecule has 5 heteroatoms. The summed E-state index contributed by atoms with van der Waals surface area (Å²) in [7, 11) is 0. The van der Waals surface area contributed by atoms with Crippen LogP contribution in [0.25, 0.3) is 0 Å². The third-order valence-electron chi connectivity index (χ3n) is 2.84. The topological polar surface area (TPSA) is 38.3 Å². The molecule has 3 nitrogen and oxygen atoms in total. The molecule has 0 unspecified atom stereocenters. The molecule has 0 saturated carbocycles. The van der Waals surface area contributed by atoms with Crippen molar-refractivity contribution in [3.05, 3.63) is 65.7 Å². The molecule has 2 aromatic rings. The number of carbonyl (C=O) groups is 1. The van der Waals surface area contributed by atoms with Gasteiger partial charge in [-0.15, -0.1) is 0 Å². The molecule has 0 bridgehead atoms. The number of hydrogen-bond acceptors (Lipinski definition) is 2. The van der Waals surface area contributed by atoms with Crippen molar-refractivity contribution in [3.8, 4) is 5.75 Å². The van der Waals surface area contributed by atoms with E-state index < -0.39 is 5.82 Å². The summed E-state index contributed by atoms with van der Waals surface area (Å²) < 4.78 is 31.1. The molecule has 110 valence electrons. The summed E-state index contributed by atoms with van der Waals surface area (Å²) in [6, 6.07) is 12.0. The second-order valence-electron chi connectivity index (χ2n) is 4.45. The molecule has 0 fully saturated rings. The molecule has 2 aromatic carbocycles. The molecule has 0 saturated heterocycles. The van der Waals surface area contributed by atoms with Gasteiger partial charge in [0, 0.05) is 6.54 Å². The fourth-order valence-electron chi connectivity index (χ4n) is 1.75. The fraction of sp³-hybridized carbons (Fsp3) is 0.188. The fourth-order valence-corrected chi connectivity index (χ4v) is 1.75. The predicted molar refractivity (Wildman–Crippen MR) is 75.0 cm³/mol. The van der Waals surface area contributed by atoms with E-state index >= 15 is 0 Å². The van der Waals surface area contributed by atoms with Crippen LogP contribution in [0.4, 0.5) is 8.78 Å². The maximum absolute atomic E-state index is 13.3. The number of para-hydroxylation sites is 1. The maximum atomic E-state index is 13.3. The van der Waals surface area contributed by atoms with E-state index in [0.717, 1.165) is 5.56 Å². The Morgan fingerprint density at radius 1 is 1.05 bits per heavy atom. The summed E-state index contributed by atoms with van der Waals surface area (Å²) in [6.07, 6.45) is 0.589.